The molecule has 3 nitrogen and oxygen atoms in total. The van der Waals surface area contributed by atoms with Gasteiger partial charge in [-0.1, -0.05) is 12.2 Å². The fourth-order valence-corrected chi connectivity index (χ4v) is 2.97. The van der Waals surface area contributed by atoms with Gasteiger partial charge in [0.1, 0.15) is 0 Å². The summed E-state index contributed by atoms with van der Waals surface area (Å²) in [6.07, 6.45) is 10.0. The number of hydrogen-bond acceptors (Lipinski definition) is 2. The summed E-state index contributed by atoms with van der Waals surface area (Å²) in [4.78, 5) is 10.5. The molecular formula is C13H22N2O. The van der Waals surface area contributed by atoms with Crippen LogP contribution >= 0.6 is 0 Å². The second-order valence-electron chi connectivity index (χ2n) is 5.17. The minimum absolute atomic E-state index is 0.182. The van der Waals surface area contributed by atoms with Gasteiger partial charge in [-0.15, -0.1) is 0 Å². The first-order valence-corrected chi connectivity index (χ1v) is 6.43. The van der Waals surface area contributed by atoms with Crippen molar-refractivity contribution in [1.29, 1.82) is 0 Å². The van der Waals surface area contributed by atoms with E-state index >= 15 is 0 Å². The van der Waals surface area contributed by atoms with Crippen LogP contribution in [-0.2, 0) is 4.79 Å². The summed E-state index contributed by atoms with van der Waals surface area (Å²) in [5.41, 5.74) is 5.08. The van der Waals surface area contributed by atoms with Crippen LogP contribution in [-0.4, -0.2) is 19.0 Å². The van der Waals surface area contributed by atoms with Crippen molar-refractivity contribution in [3.8, 4) is 0 Å². The van der Waals surface area contributed by atoms with Crippen LogP contribution in [0.2, 0.25) is 0 Å². The van der Waals surface area contributed by atoms with Crippen molar-refractivity contribution in [3.05, 3.63) is 12.2 Å². The van der Waals surface area contributed by atoms with Crippen molar-refractivity contribution in [3.63, 3.8) is 0 Å². The van der Waals surface area contributed by atoms with Crippen LogP contribution in [0.15, 0.2) is 12.2 Å². The highest BCUT2D eigenvalue weighted by Crippen LogP contribution is 2.42. The standard InChI is InChI=1S/C13H22N2O/c14-13(16)3-1-2-6-15-9-12-8-10-4-5-11(12)7-10/h4-5,10-12,15H,1-3,6-9H2,(H2,14,16). The molecule has 0 heterocycles. The van der Waals surface area contributed by atoms with E-state index < -0.39 is 0 Å². The maximum absolute atomic E-state index is 10.5. The molecule has 0 aromatic heterocycles. The fourth-order valence-electron chi connectivity index (χ4n) is 2.97. The van der Waals surface area contributed by atoms with Gasteiger partial charge in [0.2, 0.25) is 5.91 Å². The molecule has 3 atom stereocenters. The molecule has 2 bridgehead atoms. The van der Waals surface area contributed by atoms with Crippen molar-refractivity contribution in [2.75, 3.05) is 13.1 Å². The Balaban J connectivity index is 1.49. The number of allylic oxidation sites excluding steroid dienone is 2. The Bertz CT molecular complexity index is 275. The lowest BCUT2D eigenvalue weighted by molar-refractivity contribution is -0.118. The number of rotatable bonds is 7. The minimum atomic E-state index is -0.182. The van der Waals surface area contributed by atoms with Gasteiger partial charge in [0.05, 0.1) is 0 Å². The van der Waals surface area contributed by atoms with Gasteiger partial charge in [-0.05, 0) is 56.5 Å². The highest BCUT2D eigenvalue weighted by Gasteiger charge is 2.34. The Morgan fingerprint density at radius 3 is 2.81 bits per heavy atom. The Morgan fingerprint density at radius 1 is 1.31 bits per heavy atom. The molecule has 0 saturated heterocycles. The molecule has 0 aliphatic heterocycles. The molecule has 3 heteroatoms. The number of hydrogen-bond donors (Lipinski definition) is 2. The molecular weight excluding hydrogens is 200 g/mol. The number of carbonyl (C=O) groups excluding carboxylic acids is 1. The van der Waals surface area contributed by atoms with Gasteiger partial charge in [-0.2, -0.15) is 0 Å². The Hall–Kier alpha value is -0.830. The third-order valence-corrected chi connectivity index (χ3v) is 3.85. The summed E-state index contributed by atoms with van der Waals surface area (Å²) in [6, 6.07) is 0. The SMILES string of the molecule is NC(=O)CCCCNCC1CC2C=CC1C2. The maximum Gasteiger partial charge on any atom is 0.217 e. The van der Waals surface area contributed by atoms with Gasteiger partial charge in [-0.3, -0.25) is 4.79 Å². The molecule has 90 valence electrons. The predicted octanol–water partition coefficient (Wildman–Crippen LogP) is 1.44. The molecule has 2 aliphatic rings. The molecule has 0 aromatic carbocycles. The fraction of sp³-hybridized carbons (Fsp3) is 0.769. The average Bonchev–Trinajstić information content (AvgIpc) is 2.84. The van der Waals surface area contributed by atoms with Crippen LogP contribution in [0.25, 0.3) is 0 Å². The Kier molecular flexibility index (Phi) is 3.99. The van der Waals surface area contributed by atoms with Gasteiger partial charge in [0, 0.05) is 6.42 Å². The number of unbranched alkanes of at least 4 members (excludes halogenated alkanes) is 1. The zero-order valence-corrected chi connectivity index (χ0v) is 9.82. The van der Waals surface area contributed by atoms with E-state index in [0.29, 0.717) is 6.42 Å². The average molecular weight is 222 g/mol. The van der Waals surface area contributed by atoms with E-state index in [1.165, 1.54) is 12.8 Å². The zero-order chi connectivity index (χ0) is 11.4. The van der Waals surface area contributed by atoms with Crippen molar-refractivity contribution in [1.82, 2.24) is 5.32 Å². The summed E-state index contributed by atoms with van der Waals surface area (Å²) < 4.78 is 0. The molecule has 2 rings (SSSR count). The predicted molar refractivity (Wildman–Crippen MR) is 64.8 cm³/mol. The number of amides is 1. The van der Waals surface area contributed by atoms with E-state index in [4.69, 9.17) is 5.73 Å². The van der Waals surface area contributed by atoms with Crippen molar-refractivity contribution in [2.24, 2.45) is 23.5 Å². The summed E-state index contributed by atoms with van der Waals surface area (Å²) in [6.45, 7) is 2.16. The smallest absolute Gasteiger partial charge is 0.217 e. The normalized spacial score (nSPS) is 31.1. The Morgan fingerprint density at radius 2 is 2.19 bits per heavy atom. The van der Waals surface area contributed by atoms with E-state index in [1.807, 2.05) is 0 Å². The monoisotopic (exact) mass is 222 g/mol. The molecule has 0 radical (unpaired) electrons. The number of fused-ring (bicyclic) bond motifs is 2. The first kappa shape index (κ1) is 11.6. The van der Waals surface area contributed by atoms with Gasteiger partial charge >= 0.3 is 0 Å². The first-order valence-electron chi connectivity index (χ1n) is 6.43. The molecule has 1 fully saturated rings. The zero-order valence-electron chi connectivity index (χ0n) is 9.82. The van der Waals surface area contributed by atoms with Crippen LogP contribution < -0.4 is 11.1 Å². The van der Waals surface area contributed by atoms with E-state index in [9.17, 15) is 4.79 Å². The summed E-state index contributed by atoms with van der Waals surface area (Å²) in [5.74, 6) is 2.37. The molecule has 2 aliphatic carbocycles. The summed E-state index contributed by atoms with van der Waals surface area (Å²) in [7, 11) is 0. The molecule has 0 aromatic rings. The van der Waals surface area contributed by atoms with Crippen LogP contribution in [0.4, 0.5) is 0 Å². The van der Waals surface area contributed by atoms with E-state index in [1.54, 1.807) is 0 Å². The molecule has 1 amide bonds. The topological polar surface area (TPSA) is 55.1 Å². The van der Waals surface area contributed by atoms with Gasteiger partial charge in [0.25, 0.3) is 0 Å². The molecule has 0 spiro atoms. The third-order valence-electron chi connectivity index (χ3n) is 3.85. The van der Waals surface area contributed by atoms with E-state index in [0.717, 1.165) is 43.7 Å². The lowest BCUT2D eigenvalue weighted by Crippen LogP contribution is -2.26. The lowest BCUT2D eigenvalue weighted by Gasteiger charge is -2.18. The van der Waals surface area contributed by atoms with Crippen molar-refractivity contribution in [2.45, 2.75) is 32.1 Å². The van der Waals surface area contributed by atoms with Crippen LogP contribution in [0.1, 0.15) is 32.1 Å². The quantitative estimate of drug-likeness (QED) is 0.506. The number of nitrogens with one attached hydrogen (secondary N) is 1. The second-order valence-corrected chi connectivity index (χ2v) is 5.17. The number of nitrogens with two attached hydrogens (primary N) is 1. The molecule has 16 heavy (non-hydrogen) atoms. The Labute approximate surface area is 97.5 Å². The summed E-state index contributed by atoms with van der Waals surface area (Å²) in [5, 5.41) is 3.50. The lowest BCUT2D eigenvalue weighted by atomic mass is 9.93. The highest BCUT2D eigenvalue weighted by atomic mass is 16.1. The second kappa shape index (κ2) is 5.48. The molecule has 1 saturated carbocycles. The van der Waals surface area contributed by atoms with Crippen LogP contribution in [0, 0.1) is 17.8 Å². The molecule has 3 N–H and O–H groups in total. The van der Waals surface area contributed by atoms with Gasteiger partial charge in [0.15, 0.2) is 0 Å². The van der Waals surface area contributed by atoms with E-state index in [-0.39, 0.29) is 5.91 Å². The van der Waals surface area contributed by atoms with Crippen LogP contribution in [0.5, 0.6) is 0 Å². The van der Waals surface area contributed by atoms with Gasteiger partial charge in [-0.25, -0.2) is 0 Å². The minimum Gasteiger partial charge on any atom is -0.370 e. The third kappa shape index (κ3) is 3.08. The van der Waals surface area contributed by atoms with Crippen molar-refractivity contribution >= 4 is 5.91 Å². The van der Waals surface area contributed by atoms with Crippen molar-refractivity contribution < 1.29 is 4.79 Å². The van der Waals surface area contributed by atoms with Gasteiger partial charge < -0.3 is 11.1 Å². The first-order chi connectivity index (χ1) is 7.75. The summed E-state index contributed by atoms with van der Waals surface area (Å²) >= 11 is 0. The van der Waals surface area contributed by atoms with Crippen LogP contribution in [0.3, 0.4) is 0 Å². The number of carbonyl (C=O) groups is 1. The highest BCUT2D eigenvalue weighted by molar-refractivity contribution is 5.73. The number of primary amides is 1. The maximum atomic E-state index is 10.5. The molecule has 3 unspecified atom stereocenters. The van der Waals surface area contributed by atoms with E-state index in [2.05, 4.69) is 17.5 Å². The largest absolute Gasteiger partial charge is 0.370 e.